The van der Waals surface area contributed by atoms with Crippen LogP contribution in [0.4, 0.5) is 0 Å². The molecule has 12 rings (SSSR count). The van der Waals surface area contributed by atoms with Crippen molar-refractivity contribution < 1.29 is 0 Å². The first-order valence-corrected chi connectivity index (χ1v) is 19.7. The van der Waals surface area contributed by atoms with Crippen molar-refractivity contribution in [2.45, 2.75) is 20.4 Å². The summed E-state index contributed by atoms with van der Waals surface area (Å²) in [4.78, 5) is 14.5. The summed E-state index contributed by atoms with van der Waals surface area (Å²) in [5, 5.41) is 15.9. The van der Waals surface area contributed by atoms with E-state index in [9.17, 15) is 0 Å². The Bertz CT molecular complexity index is 3420. The highest BCUT2D eigenvalue weighted by molar-refractivity contribution is 6.25. The molecule has 4 nitrogen and oxygen atoms in total. The van der Waals surface area contributed by atoms with Crippen LogP contribution in [0.25, 0.3) is 82.6 Å². The standard InChI is InChI=1S/C53H36N4/c1-30(50-42-21-34-13-5-3-11-32(34)19-40(42)28-54-50)52-46-25-38-17-9-7-15-36(38)23-44(46)48(56-52)27-49-45-24-37-16-8-10-18-39(37)26-47(45)53(57-49)31(2)51-43-22-35-14-6-4-12-33(35)20-41(43)29-55-51/h3-28,55-56H,29H2,1-2H3/b49-27-,50-30-,51-31-. The second-order valence-electron chi connectivity index (χ2n) is 15.6. The molecule has 3 aliphatic rings. The minimum Gasteiger partial charge on any atom is -0.380 e. The molecule has 57 heavy (non-hydrogen) atoms. The van der Waals surface area contributed by atoms with Crippen molar-refractivity contribution in [3.05, 3.63) is 196 Å². The number of allylic oxidation sites excluding steroid dienone is 2. The number of benzene rings is 8. The van der Waals surface area contributed by atoms with Crippen LogP contribution in [0, 0.1) is 0 Å². The van der Waals surface area contributed by atoms with E-state index in [2.05, 4.69) is 176 Å². The van der Waals surface area contributed by atoms with E-state index < -0.39 is 0 Å². The smallest absolute Gasteiger partial charge is 0.0766 e. The minimum atomic E-state index is 0.804. The molecule has 3 aliphatic heterocycles. The summed E-state index contributed by atoms with van der Waals surface area (Å²) >= 11 is 0. The quantitative estimate of drug-likeness (QED) is 0.187. The highest BCUT2D eigenvalue weighted by atomic mass is 14.9. The van der Waals surface area contributed by atoms with Crippen LogP contribution < -0.4 is 5.32 Å². The summed E-state index contributed by atoms with van der Waals surface area (Å²) < 4.78 is 0. The molecule has 0 spiro atoms. The summed E-state index contributed by atoms with van der Waals surface area (Å²) in [6, 6.07) is 52.9. The minimum absolute atomic E-state index is 0.804. The highest BCUT2D eigenvalue weighted by Gasteiger charge is 2.28. The molecule has 0 atom stereocenters. The van der Waals surface area contributed by atoms with Crippen molar-refractivity contribution in [3.8, 4) is 0 Å². The summed E-state index contributed by atoms with van der Waals surface area (Å²) in [6.07, 6.45) is 4.27. The Morgan fingerprint density at radius 1 is 0.544 bits per heavy atom. The van der Waals surface area contributed by atoms with Gasteiger partial charge in [0.25, 0.3) is 0 Å². The molecule has 0 fully saturated rings. The Labute approximate surface area is 329 Å². The van der Waals surface area contributed by atoms with Crippen LogP contribution in [0.5, 0.6) is 0 Å². The Morgan fingerprint density at radius 3 is 1.72 bits per heavy atom. The van der Waals surface area contributed by atoms with Gasteiger partial charge < -0.3 is 10.3 Å². The first-order valence-electron chi connectivity index (χ1n) is 19.7. The average Bonchev–Trinajstić information content (AvgIpc) is 4.03. The summed E-state index contributed by atoms with van der Waals surface area (Å²) in [7, 11) is 0. The molecule has 9 aromatic rings. The molecule has 1 aromatic heterocycles. The van der Waals surface area contributed by atoms with Crippen molar-refractivity contribution in [3.63, 3.8) is 0 Å². The summed E-state index contributed by atoms with van der Waals surface area (Å²) in [5.41, 5.74) is 15.7. The summed E-state index contributed by atoms with van der Waals surface area (Å²) in [5.74, 6) is 0. The Hall–Kier alpha value is -7.30. The maximum Gasteiger partial charge on any atom is 0.0766 e. The molecule has 4 heterocycles. The zero-order valence-corrected chi connectivity index (χ0v) is 31.6. The van der Waals surface area contributed by atoms with Gasteiger partial charge in [-0.05, 0) is 128 Å². The first-order chi connectivity index (χ1) is 28.0. The number of aromatic amines is 1. The average molecular weight is 729 g/mol. The third-order valence-electron chi connectivity index (χ3n) is 12.3. The van der Waals surface area contributed by atoms with E-state index >= 15 is 0 Å². The van der Waals surface area contributed by atoms with E-state index in [0.29, 0.717) is 0 Å². The summed E-state index contributed by atoms with van der Waals surface area (Å²) in [6.45, 7) is 5.23. The molecule has 0 saturated heterocycles. The third kappa shape index (κ3) is 4.94. The number of H-pyrrole nitrogens is 1. The highest BCUT2D eigenvalue weighted by Crippen LogP contribution is 2.42. The molecule has 0 radical (unpaired) electrons. The first kappa shape index (κ1) is 32.0. The predicted molar refractivity (Wildman–Crippen MR) is 242 cm³/mol. The van der Waals surface area contributed by atoms with Gasteiger partial charge in [-0.3, -0.25) is 4.99 Å². The maximum absolute atomic E-state index is 5.54. The van der Waals surface area contributed by atoms with Crippen molar-refractivity contribution in [1.82, 2.24) is 10.3 Å². The number of aromatic nitrogens is 1. The van der Waals surface area contributed by atoms with E-state index in [1.54, 1.807) is 0 Å². The van der Waals surface area contributed by atoms with Gasteiger partial charge in [0.1, 0.15) is 0 Å². The molecule has 8 aromatic carbocycles. The molecular weight excluding hydrogens is 693 g/mol. The van der Waals surface area contributed by atoms with Gasteiger partial charge in [-0.2, -0.15) is 0 Å². The lowest BCUT2D eigenvalue weighted by Crippen LogP contribution is -2.09. The van der Waals surface area contributed by atoms with E-state index in [1.807, 2.05) is 6.21 Å². The van der Waals surface area contributed by atoms with Gasteiger partial charge >= 0.3 is 0 Å². The largest absolute Gasteiger partial charge is 0.380 e. The number of nitrogens with zero attached hydrogens (tertiary/aromatic N) is 2. The lowest BCUT2D eigenvalue weighted by molar-refractivity contribution is 0.941. The maximum atomic E-state index is 5.54. The SMILES string of the molecule is C/C(C1=N/C(=C\c2[nH]c(/C(C)=C3\N=Cc4cc5ccccc5cc43)c3cc4ccccc4cc23)c2cc3ccccc3cc21)=C1/NCc2cc3ccccc3cc21. The second-order valence-corrected chi connectivity index (χ2v) is 15.6. The van der Waals surface area contributed by atoms with Gasteiger partial charge in [-0.25, -0.2) is 4.99 Å². The third-order valence-corrected chi connectivity index (χ3v) is 12.3. The zero-order valence-electron chi connectivity index (χ0n) is 31.6. The molecule has 268 valence electrons. The van der Waals surface area contributed by atoms with Gasteiger partial charge in [0.15, 0.2) is 0 Å². The van der Waals surface area contributed by atoms with Gasteiger partial charge in [0.05, 0.1) is 22.8 Å². The van der Waals surface area contributed by atoms with Gasteiger partial charge in [-0.1, -0.05) is 97.1 Å². The predicted octanol–water partition coefficient (Wildman–Crippen LogP) is 12.9. The molecule has 0 saturated carbocycles. The van der Waals surface area contributed by atoms with E-state index in [1.165, 1.54) is 65.2 Å². The number of hydrogen-bond donors (Lipinski definition) is 2. The lowest BCUT2D eigenvalue weighted by atomic mass is 9.93. The second kappa shape index (κ2) is 12.1. The monoisotopic (exact) mass is 728 g/mol. The van der Waals surface area contributed by atoms with Crippen molar-refractivity contribution >= 4 is 94.5 Å². The molecule has 0 amide bonds. The van der Waals surface area contributed by atoms with Gasteiger partial charge in [-0.15, -0.1) is 0 Å². The van der Waals surface area contributed by atoms with E-state index in [-0.39, 0.29) is 0 Å². The Balaban J connectivity index is 1.07. The Kier molecular flexibility index (Phi) is 6.79. The van der Waals surface area contributed by atoms with Crippen molar-refractivity contribution in [2.75, 3.05) is 0 Å². The van der Waals surface area contributed by atoms with Crippen LogP contribution in [0.2, 0.25) is 0 Å². The number of rotatable bonds is 3. The van der Waals surface area contributed by atoms with Crippen LogP contribution in [0.15, 0.2) is 161 Å². The van der Waals surface area contributed by atoms with Crippen LogP contribution in [-0.2, 0) is 6.54 Å². The van der Waals surface area contributed by atoms with Gasteiger partial charge in [0, 0.05) is 62.7 Å². The molecule has 2 N–H and O–H groups in total. The fraction of sp³-hybridized carbons (Fsp3) is 0.0566. The number of aliphatic imine (C=N–C) groups is 2. The molecular formula is C53H36N4. The Morgan fingerprint density at radius 2 is 1.07 bits per heavy atom. The van der Waals surface area contributed by atoms with E-state index in [4.69, 9.17) is 9.98 Å². The fourth-order valence-electron chi connectivity index (χ4n) is 9.36. The molecule has 0 bridgehead atoms. The molecule has 0 aliphatic carbocycles. The topological polar surface area (TPSA) is 52.5 Å². The van der Waals surface area contributed by atoms with Crippen molar-refractivity contribution in [1.29, 1.82) is 0 Å². The van der Waals surface area contributed by atoms with Crippen LogP contribution >= 0.6 is 0 Å². The molecule has 0 unspecified atom stereocenters. The number of nitrogens with one attached hydrogen (secondary N) is 2. The fourth-order valence-corrected chi connectivity index (χ4v) is 9.36. The lowest BCUT2D eigenvalue weighted by Gasteiger charge is -2.11. The van der Waals surface area contributed by atoms with Crippen LogP contribution in [-0.4, -0.2) is 16.9 Å². The van der Waals surface area contributed by atoms with Crippen molar-refractivity contribution in [2.24, 2.45) is 9.98 Å². The zero-order chi connectivity index (χ0) is 37.8. The normalized spacial score (nSPS) is 16.8. The van der Waals surface area contributed by atoms with E-state index in [0.717, 1.165) is 74.0 Å². The van der Waals surface area contributed by atoms with Crippen LogP contribution in [0.3, 0.4) is 0 Å². The molecule has 4 heteroatoms. The van der Waals surface area contributed by atoms with Gasteiger partial charge in [0.2, 0.25) is 0 Å². The number of hydrogen-bond acceptors (Lipinski definition) is 3. The van der Waals surface area contributed by atoms with Crippen LogP contribution in [0.1, 0.15) is 58.6 Å². The number of fused-ring (bicyclic) bond motifs is 8.